The standard InChI is InChI=1S/C25H27FN8O/c1-16-11-19(26)18(12-22(16)34-13-21(27-14-34)17-7-8-17)25(35)30-23-6-4-5-20(29-23)24-31-28-15-33(24)10-9-32(2)3/h4-6,11-15,17H,7-10H2,1-3H3,(H,29,30,35). The van der Waals surface area contributed by atoms with Crippen molar-refractivity contribution in [2.24, 2.45) is 0 Å². The van der Waals surface area contributed by atoms with E-state index in [1.165, 1.54) is 6.07 Å². The molecular formula is C25H27FN8O. The molecule has 3 aromatic heterocycles. The van der Waals surface area contributed by atoms with Crippen molar-refractivity contribution in [3.8, 4) is 17.2 Å². The quantitative estimate of drug-likeness (QED) is 0.419. The molecule has 180 valence electrons. The van der Waals surface area contributed by atoms with E-state index in [0.717, 1.165) is 30.6 Å². The fraction of sp³-hybridized carbons (Fsp3) is 0.320. The molecule has 0 radical (unpaired) electrons. The van der Waals surface area contributed by atoms with Crippen LogP contribution in [-0.2, 0) is 6.54 Å². The van der Waals surface area contributed by atoms with E-state index in [1.807, 2.05) is 36.4 Å². The molecule has 0 aliphatic heterocycles. The molecule has 10 heteroatoms. The molecule has 5 rings (SSSR count). The van der Waals surface area contributed by atoms with Crippen LogP contribution in [0.15, 0.2) is 49.2 Å². The number of carbonyl (C=O) groups excluding carboxylic acids is 1. The minimum atomic E-state index is -0.592. The molecular weight excluding hydrogens is 447 g/mol. The van der Waals surface area contributed by atoms with Gasteiger partial charge in [0.25, 0.3) is 5.91 Å². The van der Waals surface area contributed by atoms with Gasteiger partial charge in [0.05, 0.1) is 23.3 Å². The van der Waals surface area contributed by atoms with Gasteiger partial charge in [-0.05, 0) is 63.7 Å². The molecule has 1 aromatic carbocycles. The maximum Gasteiger partial charge on any atom is 0.259 e. The van der Waals surface area contributed by atoms with Gasteiger partial charge in [0.1, 0.15) is 23.7 Å². The Morgan fingerprint density at radius 3 is 2.83 bits per heavy atom. The van der Waals surface area contributed by atoms with Crippen LogP contribution in [0.5, 0.6) is 0 Å². The molecule has 3 heterocycles. The lowest BCUT2D eigenvalue weighted by Gasteiger charge is -2.13. The second-order valence-electron chi connectivity index (χ2n) is 9.11. The van der Waals surface area contributed by atoms with Crippen LogP contribution in [0.3, 0.4) is 0 Å². The molecule has 1 N–H and O–H groups in total. The highest BCUT2D eigenvalue weighted by Crippen LogP contribution is 2.39. The first-order valence-electron chi connectivity index (χ1n) is 11.5. The fourth-order valence-corrected chi connectivity index (χ4v) is 3.91. The van der Waals surface area contributed by atoms with E-state index < -0.39 is 11.7 Å². The third kappa shape index (κ3) is 4.97. The number of rotatable bonds is 8. The highest BCUT2D eigenvalue weighted by molar-refractivity contribution is 6.04. The molecule has 1 fully saturated rings. The Balaban J connectivity index is 1.38. The van der Waals surface area contributed by atoms with Crippen LogP contribution in [0.2, 0.25) is 0 Å². The van der Waals surface area contributed by atoms with Crippen molar-refractivity contribution in [2.75, 3.05) is 26.0 Å². The summed E-state index contributed by atoms with van der Waals surface area (Å²) in [5, 5.41) is 10.9. The monoisotopic (exact) mass is 474 g/mol. The average Bonchev–Trinajstić information content (AvgIpc) is 3.36. The van der Waals surface area contributed by atoms with Gasteiger partial charge in [-0.25, -0.2) is 14.4 Å². The first-order chi connectivity index (χ1) is 16.9. The maximum absolute atomic E-state index is 14.8. The van der Waals surface area contributed by atoms with E-state index >= 15 is 0 Å². The molecule has 1 aliphatic rings. The van der Waals surface area contributed by atoms with Crippen LogP contribution in [0.4, 0.5) is 10.2 Å². The first kappa shape index (κ1) is 22.9. The summed E-state index contributed by atoms with van der Waals surface area (Å²) < 4.78 is 18.6. The third-order valence-corrected chi connectivity index (χ3v) is 6.03. The summed E-state index contributed by atoms with van der Waals surface area (Å²) in [4.78, 5) is 24.1. The summed E-state index contributed by atoms with van der Waals surface area (Å²) in [6.07, 6.45) is 7.61. The number of imidazole rings is 1. The Labute approximate surface area is 202 Å². The number of nitrogens with zero attached hydrogens (tertiary/aromatic N) is 7. The average molecular weight is 475 g/mol. The van der Waals surface area contributed by atoms with Gasteiger partial charge in [0.2, 0.25) is 0 Å². The topological polar surface area (TPSA) is 93.8 Å². The van der Waals surface area contributed by atoms with Crippen molar-refractivity contribution in [3.05, 3.63) is 71.8 Å². The Kier molecular flexibility index (Phi) is 6.12. The number of aromatic nitrogens is 6. The minimum absolute atomic E-state index is 0.0615. The molecule has 0 bridgehead atoms. The zero-order valence-electron chi connectivity index (χ0n) is 19.9. The smallest absolute Gasteiger partial charge is 0.259 e. The number of likely N-dealkylation sites (N-methyl/N-ethyl adjacent to an activating group) is 1. The van der Waals surface area contributed by atoms with Crippen LogP contribution >= 0.6 is 0 Å². The van der Waals surface area contributed by atoms with Gasteiger partial charge in [0.15, 0.2) is 5.82 Å². The summed E-state index contributed by atoms with van der Waals surface area (Å²) in [7, 11) is 3.99. The molecule has 1 aliphatic carbocycles. The van der Waals surface area contributed by atoms with Gasteiger partial charge in [-0.2, -0.15) is 0 Å². The molecule has 0 saturated heterocycles. The molecule has 0 atom stereocenters. The van der Waals surface area contributed by atoms with Crippen LogP contribution in [-0.4, -0.2) is 60.7 Å². The van der Waals surface area contributed by atoms with Crippen LogP contribution < -0.4 is 5.32 Å². The Morgan fingerprint density at radius 2 is 2.06 bits per heavy atom. The number of hydrogen-bond donors (Lipinski definition) is 1. The largest absolute Gasteiger partial charge is 0.311 e. The van der Waals surface area contributed by atoms with Crippen molar-refractivity contribution in [1.82, 2.24) is 34.2 Å². The zero-order chi connectivity index (χ0) is 24.5. The molecule has 1 saturated carbocycles. The lowest BCUT2D eigenvalue weighted by atomic mass is 10.1. The lowest BCUT2D eigenvalue weighted by Crippen LogP contribution is -2.19. The molecule has 0 spiro atoms. The number of hydrogen-bond acceptors (Lipinski definition) is 6. The van der Waals surface area contributed by atoms with Crippen LogP contribution in [0, 0.1) is 12.7 Å². The lowest BCUT2D eigenvalue weighted by molar-refractivity contribution is 0.102. The van der Waals surface area contributed by atoms with Crippen molar-refractivity contribution in [2.45, 2.75) is 32.2 Å². The number of carbonyl (C=O) groups is 1. The van der Waals surface area contributed by atoms with Crippen molar-refractivity contribution < 1.29 is 9.18 Å². The zero-order valence-corrected chi connectivity index (χ0v) is 19.9. The maximum atomic E-state index is 14.8. The number of nitrogens with one attached hydrogen (secondary N) is 1. The molecule has 9 nitrogen and oxygen atoms in total. The van der Waals surface area contributed by atoms with Gasteiger partial charge in [0, 0.05) is 25.2 Å². The Bertz CT molecular complexity index is 1370. The molecule has 35 heavy (non-hydrogen) atoms. The Morgan fingerprint density at radius 1 is 1.23 bits per heavy atom. The van der Waals surface area contributed by atoms with Gasteiger partial charge < -0.3 is 19.4 Å². The Hall–Kier alpha value is -3.92. The summed E-state index contributed by atoms with van der Waals surface area (Å²) in [5.41, 5.74) is 2.96. The molecule has 4 aromatic rings. The predicted molar refractivity (Wildman–Crippen MR) is 130 cm³/mol. The van der Waals surface area contributed by atoms with Crippen LogP contribution in [0.25, 0.3) is 17.2 Å². The third-order valence-electron chi connectivity index (χ3n) is 6.03. The summed E-state index contributed by atoms with van der Waals surface area (Å²) in [6, 6.07) is 8.16. The van der Waals surface area contributed by atoms with E-state index in [2.05, 4.69) is 30.4 Å². The number of amides is 1. The molecule has 1 amide bonds. The number of benzene rings is 1. The number of anilines is 1. The van der Waals surface area contributed by atoms with Gasteiger partial charge in [-0.15, -0.1) is 10.2 Å². The van der Waals surface area contributed by atoms with Crippen molar-refractivity contribution in [1.29, 1.82) is 0 Å². The van der Waals surface area contributed by atoms with E-state index in [1.54, 1.807) is 36.9 Å². The van der Waals surface area contributed by atoms with E-state index in [9.17, 15) is 9.18 Å². The van der Waals surface area contributed by atoms with Gasteiger partial charge >= 0.3 is 0 Å². The van der Waals surface area contributed by atoms with Crippen LogP contribution in [0.1, 0.15) is 40.4 Å². The van der Waals surface area contributed by atoms with Crippen molar-refractivity contribution in [3.63, 3.8) is 0 Å². The SMILES string of the molecule is Cc1cc(F)c(C(=O)Nc2cccc(-c3nncn3CCN(C)C)n2)cc1-n1cnc(C2CC2)c1. The first-order valence-corrected chi connectivity index (χ1v) is 11.5. The highest BCUT2D eigenvalue weighted by atomic mass is 19.1. The van der Waals surface area contributed by atoms with E-state index in [4.69, 9.17) is 0 Å². The normalized spacial score (nSPS) is 13.4. The minimum Gasteiger partial charge on any atom is -0.311 e. The van der Waals surface area contributed by atoms with Gasteiger partial charge in [-0.3, -0.25) is 4.79 Å². The van der Waals surface area contributed by atoms with Crippen molar-refractivity contribution >= 4 is 11.7 Å². The summed E-state index contributed by atoms with van der Waals surface area (Å²) in [6.45, 7) is 3.33. The second kappa shape index (κ2) is 9.38. The number of halogens is 1. The number of pyridine rings is 1. The van der Waals surface area contributed by atoms with Gasteiger partial charge in [-0.1, -0.05) is 6.07 Å². The predicted octanol–water partition coefficient (Wildman–Crippen LogP) is 3.66. The molecule has 0 unspecified atom stereocenters. The number of aryl methyl sites for hydroxylation is 1. The summed E-state index contributed by atoms with van der Waals surface area (Å²) in [5.74, 6) is 0.232. The van der Waals surface area contributed by atoms with E-state index in [-0.39, 0.29) is 5.56 Å². The highest BCUT2D eigenvalue weighted by Gasteiger charge is 2.26. The summed E-state index contributed by atoms with van der Waals surface area (Å²) >= 11 is 0. The fourth-order valence-electron chi connectivity index (χ4n) is 3.91. The second-order valence-corrected chi connectivity index (χ2v) is 9.11. The van der Waals surface area contributed by atoms with E-state index in [0.29, 0.717) is 35.5 Å².